The van der Waals surface area contributed by atoms with Crippen LogP contribution < -0.4 is 10.1 Å². The lowest BCUT2D eigenvalue weighted by Gasteiger charge is -2.54. The Kier molecular flexibility index (Phi) is 6.15. The number of rotatable bonds is 7. The minimum atomic E-state index is -0.0961. The van der Waals surface area contributed by atoms with Crippen molar-refractivity contribution in [1.29, 1.82) is 0 Å². The lowest BCUT2D eigenvalue weighted by Crippen LogP contribution is -2.53. The molecule has 37 heavy (non-hydrogen) atoms. The van der Waals surface area contributed by atoms with Gasteiger partial charge in [0, 0.05) is 23.1 Å². The molecule has 2 heterocycles. The number of carbonyl (C=O) groups is 1. The maximum atomic E-state index is 13.4. The minimum Gasteiger partial charge on any atom is -0.478 e. The van der Waals surface area contributed by atoms with E-state index in [2.05, 4.69) is 46.6 Å². The lowest BCUT2D eigenvalue weighted by molar-refractivity contribution is -0.000604. The average Bonchev–Trinajstić information content (AvgIpc) is 3.31. The van der Waals surface area contributed by atoms with Crippen molar-refractivity contribution in [2.75, 3.05) is 6.61 Å². The minimum absolute atomic E-state index is 0.0506. The van der Waals surface area contributed by atoms with Crippen molar-refractivity contribution in [3.05, 3.63) is 76.9 Å². The molecule has 2 aromatic carbocycles. The standard InChI is InChI=1S/C30H31ClN4O2/c1-3-37-27-7-4-6-26(34-27)21-10-8-20(9-11-21)19(2)35-28-23(12-13-25(31)24(28)18-32-35)29(36)33-22-16-30(17-22)14-5-15-30/h4,6-13,18-19,22H,3,5,14-17H2,1-2H3,(H,33,36)/t19-/m1/s1. The number of amides is 1. The number of benzene rings is 2. The molecular formula is C30H31ClN4O2. The van der Waals surface area contributed by atoms with Crippen LogP contribution in [0.15, 0.2) is 60.8 Å². The van der Waals surface area contributed by atoms with E-state index in [1.54, 1.807) is 12.3 Å². The van der Waals surface area contributed by atoms with Crippen molar-refractivity contribution in [3.8, 4) is 17.1 Å². The first-order chi connectivity index (χ1) is 18.0. The number of ether oxygens (including phenoxy) is 1. The highest BCUT2D eigenvalue weighted by Gasteiger charge is 2.48. The topological polar surface area (TPSA) is 69.0 Å². The molecule has 0 aliphatic heterocycles. The number of hydrogen-bond donors (Lipinski definition) is 1. The summed E-state index contributed by atoms with van der Waals surface area (Å²) in [6.07, 6.45) is 7.89. The van der Waals surface area contributed by atoms with E-state index < -0.39 is 0 Å². The molecule has 0 radical (unpaired) electrons. The van der Waals surface area contributed by atoms with E-state index in [4.69, 9.17) is 16.3 Å². The zero-order chi connectivity index (χ0) is 25.6. The van der Waals surface area contributed by atoms with Gasteiger partial charge in [0.25, 0.3) is 5.91 Å². The van der Waals surface area contributed by atoms with Gasteiger partial charge in [-0.05, 0) is 68.7 Å². The first kappa shape index (κ1) is 24.0. The summed E-state index contributed by atoms with van der Waals surface area (Å²) in [7, 11) is 0. The molecular weight excluding hydrogens is 484 g/mol. The van der Waals surface area contributed by atoms with Gasteiger partial charge in [0.1, 0.15) is 0 Å². The number of nitrogens with one attached hydrogen (secondary N) is 1. The van der Waals surface area contributed by atoms with Gasteiger partial charge >= 0.3 is 0 Å². The fraction of sp³-hybridized carbons (Fsp3) is 0.367. The monoisotopic (exact) mass is 514 g/mol. The molecule has 1 N–H and O–H groups in total. The third-order valence-electron chi connectivity index (χ3n) is 8.13. The van der Waals surface area contributed by atoms with Crippen LogP contribution in [0, 0.1) is 5.41 Å². The SMILES string of the molecule is CCOc1cccc(-c2ccc([C@@H](C)n3ncc4c(Cl)ccc(C(=O)NC5CC6(CCC6)C5)c43)cc2)n1. The maximum absolute atomic E-state index is 13.4. The van der Waals surface area contributed by atoms with Gasteiger partial charge in [0.15, 0.2) is 0 Å². The number of nitrogens with zero attached hydrogens (tertiary/aromatic N) is 3. The second-order valence-electron chi connectivity index (χ2n) is 10.5. The summed E-state index contributed by atoms with van der Waals surface area (Å²) in [6, 6.07) is 17.8. The van der Waals surface area contributed by atoms with Crippen LogP contribution in [0.5, 0.6) is 5.88 Å². The van der Waals surface area contributed by atoms with Crippen LogP contribution in [0.3, 0.4) is 0 Å². The van der Waals surface area contributed by atoms with Gasteiger partial charge in [-0.1, -0.05) is 48.4 Å². The van der Waals surface area contributed by atoms with Crippen molar-refractivity contribution in [1.82, 2.24) is 20.1 Å². The highest BCUT2D eigenvalue weighted by atomic mass is 35.5. The van der Waals surface area contributed by atoms with Crippen LogP contribution in [0.25, 0.3) is 22.2 Å². The largest absolute Gasteiger partial charge is 0.478 e. The van der Waals surface area contributed by atoms with E-state index in [9.17, 15) is 4.79 Å². The molecule has 2 saturated carbocycles. The molecule has 0 bridgehead atoms. The van der Waals surface area contributed by atoms with Crippen molar-refractivity contribution in [3.63, 3.8) is 0 Å². The Hall–Kier alpha value is -3.38. The van der Waals surface area contributed by atoms with Crippen molar-refractivity contribution in [2.45, 2.75) is 58.0 Å². The van der Waals surface area contributed by atoms with E-state index in [-0.39, 0.29) is 18.0 Å². The van der Waals surface area contributed by atoms with Crippen molar-refractivity contribution >= 4 is 28.4 Å². The van der Waals surface area contributed by atoms with Crippen molar-refractivity contribution in [2.24, 2.45) is 5.41 Å². The van der Waals surface area contributed by atoms with Crippen LogP contribution in [0.2, 0.25) is 5.02 Å². The third kappa shape index (κ3) is 4.37. The molecule has 2 aromatic heterocycles. The molecule has 2 aliphatic rings. The fourth-order valence-corrected chi connectivity index (χ4v) is 6.12. The van der Waals surface area contributed by atoms with E-state index in [0.717, 1.165) is 40.6 Å². The number of halogens is 1. The Morgan fingerprint density at radius 2 is 1.95 bits per heavy atom. The zero-order valence-electron chi connectivity index (χ0n) is 21.2. The van der Waals surface area contributed by atoms with Gasteiger partial charge in [-0.2, -0.15) is 5.10 Å². The van der Waals surface area contributed by atoms with Gasteiger partial charge in [-0.25, -0.2) is 4.98 Å². The number of carbonyl (C=O) groups excluding carboxylic acids is 1. The summed E-state index contributed by atoms with van der Waals surface area (Å²) in [6.45, 7) is 4.61. The van der Waals surface area contributed by atoms with Crippen LogP contribution in [-0.2, 0) is 0 Å². The number of pyridine rings is 1. The second kappa shape index (κ2) is 9.49. The van der Waals surface area contributed by atoms with Crippen LogP contribution >= 0.6 is 11.6 Å². The Labute approximate surface area is 222 Å². The molecule has 1 spiro atoms. The molecule has 2 fully saturated rings. The number of fused-ring (bicyclic) bond motifs is 1. The molecule has 4 aromatic rings. The maximum Gasteiger partial charge on any atom is 0.253 e. The summed E-state index contributed by atoms with van der Waals surface area (Å²) in [5, 5.41) is 9.32. The second-order valence-corrected chi connectivity index (χ2v) is 10.9. The summed E-state index contributed by atoms with van der Waals surface area (Å²) in [5.74, 6) is 0.568. The zero-order valence-corrected chi connectivity index (χ0v) is 22.0. The fourth-order valence-electron chi connectivity index (χ4n) is 5.92. The van der Waals surface area contributed by atoms with E-state index >= 15 is 0 Å². The molecule has 0 saturated heterocycles. The summed E-state index contributed by atoms with van der Waals surface area (Å²) < 4.78 is 7.46. The summed E-state index contributed by atoms with van der Waals surface area (Å²) in [5.41, 5.74) is 4.84. The molecule has 1 atom stereocenters. The highest BCUT2D eigenvalue weighted by molar-refractivity contribution is 6.36. The van der Waals surface area contributed by atoms with Gasteiger partial charge in [0.2, 0.25) is 5.88 Å². The normalized spacial score (nSPS) is 17.3. The van der Waals surface area contributed by atoms with E-state index in [1.807, 2.05) is 35.9 Å². The molecule has 190 valence electrons. The predicted molar refractivity (Wildman–Crippen MR) is 146 cm³/mol. The first-order valence-electron chi connectivity index (χ1n) is 13.1. The summed E-state index contributed by atoms with van der Waals surface area (Å²) in [4.78, 5) is 18.0. The predicted octanol–water partition coefficient (Wildman–Crippen LogP) is 6.82. The Bertz CT molecular complexity index is 1450. The Morgan fingerprint density at radius 3 is 2.65 bits per heavy atom. The molecule has 2 aliphatic carbocycles. The lowest BCUT2D eigenvalue weighted by atomic mass is 9.54. The Morgan fingerprint density at radius 1 is 1.16 bits per heavy atom. The molecule has 0 unspecified atom stereocenters. The quantitative estimate of drug-likeness (QED) is 0.293. The van der Waals surface area contributed by atoms with Gasteiger partial charge in [-0.15, -0.1) is 0 Å². The molecule has 6 rings (SSSR count). The highest BCUT2D eigenvalue weighted by Crippen LogP contribution is 2.55. The van der Waals surface area contributed by atoms with Crippen LogP contribution in [0.1, 0.15) is 67.9 Å². The smallest absolute Gasteiger partial charge is 0.253 e. The van der Waals surface area contributed by atoms with Gasteiger partial charge < -0.3 is 10.1 Å². The first-order valence-corrected chi connectivity index (χ1v) is 13.5. The van der Waals surface area contributed by atoms with Gasteiger partial charge in [-0.3, -0.25) is 9.48 Å². The summed E-state index contributed by atoms with van der Waals surface area (Å²) >= 11 is 6.53. The van der Waals surface area contributed by atoms with E-state index in [0.29, 0.717) is 28.5 Å². The van der Waals surface area contributed by atoms with E-state index in [1.165, 1.54) is 19.3 Å². The third-order valence-corrected chi connectivity index (χ3v) is 8.46. The molecule has 7 heteroatoms. The van der Waals surface area contributed by atoms with Crippen LogP contribution in [-0.4, -0.2) is 33.3 Å². The number of aromatic nitrogens is 3. The molecule has 6 nitrogen and oxygen atoms in total. The average molecular weight is 515 g/mol. The van der Waals surface area contributed by atoms with Crippen LogP contribution in [0.4, 0.5) is 0 Å². The Balaban J connectivity index is 1.26. The van der Waals surface area contributed by atoms with Crippen molar-refractivity contribution < 1.29 is 9.53 Å². The van der Waals surface area contributed by atoms with Gasteiger partial charge in [0.05, 0.1) is 40.6 Å². The number of hydrogen-bond acceptors (Lipinski definition) is 4. The molecule has 1 amide bonds.